The van der Waals surface area contributed by atoms with Crippen molar-refractivity contribution < 1.29 is 14.4 Å². The second kappa shape index (κ2) is 5.82. The summed E-state index contributed by atoms with van der Waals surface area (Å²) in [6.45, 7) is 7.03. The van der Waals surface area contributed by atoms with E-state index in [-0.39, 0.29) is 11.0 Å². The van der Waals surface area contributed by atoms with Crippen LogP contribution in [-0.2, 0) is 6.54 Å². The Balaban J connectivity index is 2.89. The van der Waals surface area contributed by atoms with E-state index in [1.165, 1.54) is 12.1 Å². The average molecular weight is 253 g/mol. The first-order valence-electron chi connectivity index (χ1n) is 6.13. The molecule has 1 rings (SSSR count). The zero-order valence-electron chi connectivity index (χ0n) is 11.4. The molecule has 1 aromatic rings. The summed E-state index contributed by atoms with van der Waals surface area (Å²) in [6, 6.07) is 4.45. The standard InChI is InChI=1S/C13H21BFNO2/c1-5-13(2,3)16(4)9-10-6-7-12(15)11(8-10)14(17)18/h6-8,17-18H,5,9H2,1-4H3. The molecular formula is C13H21BFNO2. The highest BCUT2D eigenvalue weighted by atomic mass is 19.1. The molecule has 0 saturated heterocycles. The highest BCUT2D eigenvalue weighted by Crippen LogP contribution is 2.19. The Morgan fingerprint density at radius 3 is 2.44 bits per heavy atom. The minimum Gasteiger partial charge on any atom is -0.423 e. The summed E-state index contributed by atoms with van der Waals surface area (Å²) in [7, 11) is 0.233. The van der Waals surface area contributed by atoms with Crippen LogP contribution in [0.5, 0.6) is 0 Å². The smallest absolute Gasteiger partial charge is 0.423 e. The lowest BCUT2D eigenvalue weighted by molar-refractivity contribution is 0.143. The van der Waals surface area contributed by atoms with Gasteiger partial charge in [0.05, 0.1) is 0 Å². The van der Waals surface area contributed by atoms with E-state index in [9.17, 15) is 4.39 Å². The molecule has 0 atom stereocenters. The fourth-order valence-corrected chi connectivity index (χ4v) is 1.65. The van der Waals surface area contributed by atoms with Gasteiger partial charge in [-0.25, -0.2) is 4.39 Å². The van der Waals surface area contributed by atoms with Crippen molar-refractivity contribution in [2.45, 2.75) is 39.3 Å². The van der Waals surface area contributed by atoms with Crippen molar-refractivity contribution in [1.29, 1.82) is 0 Å². The van der Waals surface area contributed by atoms with Gasteiger partial charge in [-0.3, -0.25) is 4.90 Å². The quantitative estimate of drug-likeness (QED) is 0.773. The molecule has 0 saturated carbocycles. The van der Waals surface area contributed by atoms with Gasteiger partial charge in [-0.05, 0) is 38.9 Å². The molecule has 0 amide bonds. The first-order chi connectivity index (χ1) is 8.27. The maximum absolute atomic E-state index is 13.3. The van der Waals surface area contributed by atoms with E-state index in [2.05, 4.69) is 25.7 Å². The van der Waals surface area contributed by atoms with Crippen LogP contribution in [0.2, 0.25) is 0 Å². The summed E-state index contributed by atoms with van der Waals surface area (Å²) < 4.78 is 13.3. The van der Waals surface area contributed by atoms with Gasteiger partial charge in [0.2, 0.25) is 0 Å². The number of nitrogens with zero attached hydrogens (tertiary/aromatic N) is 1. The summed E-state index contributed by atoms with van der Waals surface area (Å²) in [5, 5.41) is 18.1. The van der Waals surface area contributed by atoms with Crippen LogP contribution in [0, 0.1) is 5.82 Å². The zero-order chi connectivity index (χ0) is 13.9. The predicted octanol–water partition coefficient (Wildman–Crippen LogP) is 1.13. The Morgan fingerprint density at radius 1 is 1.33 bits per heavy atom. The van der Waals surface area contributed by atoms with Gasteiger partial charge in [0.15, 0.2) is 0 Å². The number of hydrogen-bond acceptors (Lipinski definition) is 3. The monoisotopic (exact) mass is 253 g/mol. The van der Waals surface area contributed by atoms with E-state index in [4.69, 9.17) is 10.0 Å². The van der Waals surface area contributed by atoms with Gasteiger partial charge >= 0.3 is 7.12 Å². The lowest BCUT2D eigenvalue weighted by atomic mass is 9.79. The maximum Gasteiger partial charge on any atom is 0.491 e. The van der Waals surface area contributed by atoms with Crippen LogP contribution >= 0.6 is 0 Å². The lowest BCUT2D eigenvalue weighted by Crippen LogP contribution is -2.40. The molecule has 0 aliphatic heterocycles. The molecular weight excluding hydrogens is 232 g/mol. The minimum absolute atomic E-state index is 0.0480. The maximum atomic E-state index is 13.3. The molecule has 0 fully saturated rings. The van der Waals surface area contributed by atoms with Gasteiger partial charge in [0.1, 0.15) is 5.82 Å². The van der Waals surface area contributed by atoms with E-state index < -0.39 is 12.9 Å². The third-order valence-corrected chi connectivity index (χ3v) is 3.66. The third kappa shape index (κ3) is 3.54. The first kappa shape index (κ1) is 15.2. The van der Waals surface area contributed by atoms with Gasteiger partial charge in [0, 0.05) is 17.5 Å². The minimum atomic E-state index is -1.77. The van der Waals surface area contributed by atoms with Crippen molar-refractivity contribution in [3.8, 4) is 0 Å². The molecule has 0 unspecified atom stereocenters. The van der Waals surface area contributed by atoms with Crippen LogP contribution in [-0.4, -0.2) is 34.7 Å². The highest BCUT2D eigenvalue weighted by Gasteiger charge is 2.22. The molecule has 0 heterocycles. The Bertz CT molecular complexity index is 410. The Kier molecular flexibility index (Phi) is 4.90. The van der Waals surface area contributed by atoms with Gasteiger partial charge < -0.3 is 10.0 Å². The molecule has 5 heteroatoms. The molecule has 1 aromatic carbocycles. The molecule has 0 radical (unpaired) electrons. The normalized spacial score (nSPS) is 12.0. The van der Waals surface area contributed by atoms with Crippen LogP contribution in [0.1, 0.15) is 32.8 Å². The predicted molar refractivity (Wildman–Crippen MR) is 72.1 cm³/mol. The fourth-order valence-electron chi connectivity index (χ4n) is 1.65. The highest BCUT2D eigenvalue weighted by molar-refractivity contribution is 6.58. The van der Waals surface area contributed by atoms with Gasteiger partial charge in [-0.1, -0.05) is 19.1 Å². The van der Waals surface area contributed by atoms with Gasteiger partial charge in [-0.15, -0.1) is 0 Å². The molecule has 18 heavy (non-hydrogen) atoms. The van der Waals surface area contributed by atoms with E-state index >= 15 is 0 Å². The van der Waals surface area contributed by atoms with E-state index in [0.717, 1.165) is 12.0 Å². The number of rotatable bonds is 5. The molecule has 0 bridgehead atoms. The number of hydrogen-bond donors (Lipinski definition) is 2. The first-order valence-corrected chi connectivity index (χ1v) is 6.13. The molecule has 0 aliphatic carbocycles. The van der Waals surface area contributed by atoms with Crippen LogP contribution < -0.4 is 5.46 Å². The summed E-state index contributed by atoms with van der Waals surface area (Å²) in [5.74, 6) is -0.592. The Labute approximate surface area is 108 Å². The molecule has 3 nitrogen and oxygen atoms in total. The zero-order valence-corrected chi connectivity index (χ0v) is 11.4. The van der Waals surface area contributed by atoms with E-state index in [0.29, 0.717) is 6.54 Å². The van der Waals surface area contributed by atoms with E-state index in [1.807, 2.05) is 7.05 Å². The average Bonchev–Trinajstić information content (AvgIpc) is 2.31. The summed E-state index contributed by atoms with van der Waals surface area (Å²) >= 11 is 0. The van der Waals surface area contributed by atoms with Crippen molar-refractivity contribution in [2.75, 3.05) is 7.05 Å². The van der Waals surface area contributed by atoms with Crippen molar-refractivity contribution in [2.24, 2.45) is 0 Å². The topological polar surface area (TPSA) is 43.7 Å². The van der Waals surface area contributed by atoms with Crippen molar-refractivity contribution in [3.05, 3.63) is 29.6 Å². The van der Waals surface area contributed by atoms with Crippen LogP contribution in [0.3, 0.4) is 0 Å². The lowest BCUT2D eigenvalue weighted by Gasteiger charge is -2.35. The number of halogens is 1. The molecule has 0 spiro atoms. The molecule has 0 aromatic heterocycles. The van der Waals surface area contributed by atoms with Crippen LogP contribution in [0.25, 0.3) is 0 Å². The second-order valence-electron chi connectivity index (χ2n) is 5.25. The molecule has 100 valence electrons. The molecule has 2 N–H and O–H groups in total. The van der Waals surface area contributed by atoms with Gasteiger partial charge in [0.25, 0.3) is 0 Å². The molecule has 0 aliphatic rings. The van der Waals surface area contributed by atoms with E-state index in [1.54, 1.807) is 6.07 Å². The largest absolute Gasteiger partial charge is 0.491 e. The van der Waals surface area contributed by atoms with Crippen molar-refractivity contribution in [1.82, 2.24) is 4.90 Å². The third-order valence-electron chi connectivity index (χ3n) is 3.66. The number of benzene rings is 1. The van der Waals surface area contributed by atoms with Crippen LogP contribution in [0.4, 0.5) is 4.39 Å². The summed E-state index contributed by atoms with van der Waals surface area (Å²) in [4.78, 5) is 2.16. The second-order valence-corrected chi connectivity index (χ2v) is 5.25. The van der Waals surface area contributed by atoms with Crippen molar-refractivity contribution in [3.63, 3.8) is 0 Å². The Morgan fingerprint density at radius 2 is 1.94 bits per heavy atom. The fraction of sp³-hybridized carbons (Fsp3) is 0.538. The van der Waals surface area contributed by atoms with Crippen molar-refractivity contribution >= 4 is 12.6 Å². The SMILES string of the molecule is CCC(C)(C)N(C)Cc1ccc(F)c(B(O)O)c1. The van der Waals surface area contributed by atoms with Crippen LogP contribution in [0.15, 0.2) is 18.2 Å². The van der Waals surface area contributed by atoms with Gasteiger partial charge in [-0.2, -0.15) is 0 Å². The summed E-state index contributed by atoms with van der Waals surface area (Å²) in [6.07, 6.45) is 1.00. The summed E-state index contributed by atoms with van der Waals surface area (Å²) in [5.41, 5.74) is 0.838. The Hall–Kier alpha value is -0.905.